The Morgan fingerprint density at radius 3 is 2.55 bits per heavy atom. The minimum absolute atomic E-state index is 0.0354. The third-order valence-electron chi connectivity index (χ3n) is 3.97. The average molecular weight is 405 g/mol. The lowest BCUT2D eigenvalue weighted by molar-refractivity contribution is 0.116. The highest BCUT2D eigenvalue weighted by Crippen LogP contribution is 2.28. The van der Waals surface area contributed by atoms with Gasteiger partial charge < -0.3 is 10.2 Å². The predicted octanol–water partition coefficient (Wildman–Crippen LogP) is 3.24. The molecule has 4 rings (SSSR count). The van der Waals surface area contributed by atoms with Crippen LogP contribution in [0.4, 0.5) is 23.4 Å². The fourth-order valence-electron chi connectivity index (χ4n) is 2.55. The monoisotopic (exact) mass is 405 g/mol. The van der Waals surface area contributed by atoms with E-state index in [9.17, 15) is 17.6 Å². The lowest BCUT2D eigenvalue weighted by Gasteiger charge is -2.06. The van der Waals surface area contributed by atoms with Crippen LogP contribution in [0.3, 0.4) is 0 Å². The van der Waals surface area contributed by atoms with Gasteiger partial charge in [0.2, 0.25) is 0 Å². The van der Waals surface area contributed by atoms with Gasteiger partial charge in [-0.1, -0.05) is 11.3 Å². The Bertz CT molecular complexity index is 1160. The topological polar surface area (TPSA) is 109 Å². The van der Waals surface area contributed by atoms with E-state index in [1.165, 1.54) is 23.1 Å². The fourth-order valence-corrected chi connectivity index (χ4v) is 2.55. The highest BCUT2D eigenvalue weighted by molar-refractivity contribution is 5.58. The summed E-state index contributed by atoms with van der Waals surface area (Å²) in [6.07, 6.45) is 0.0310. The standard InChI is InChI=1S/C17H11F4N7O/c18-13-9(1-3-10(14(13)19)16-25-26-17(29-16)15(20)21)6-28-7-11(24-27-28)8-2-4-12(22)23-5-8/h1-5,7,15H,6H2,(H2,22,23). The summed E-state index contributed by atoms with van der Waals surface area (Å²) in [4.78, 5) is 3.95. The first kappa shape index (κ1) is 18.5. The van der Waals surface area contributed by atoms with Gasteiger partial charge in [0.25, 0.3) is 11.8 Å². The molecule has 0 aliphatic rings. The molecule has 8 nitrogen and oxygen atoms in total. The van der Waals surface area contributed by atoms with Crippen molar-refractivity contribution in [3.8, 4) is 22.7 Å². The first-order valence-corrected chi connectivity index (χ1v) is 8.13. The van der Waals surface area contributed by atoms with E-state index in [-0.39, 0.29) is 12.1 Å². The van der Waals surface area contributed by atoms with Gasteiger partial charge in [-0.3, -0.25) is 0 Å². The van der Waals surface area contributed by atoms with Gasteiger partial charge in [-0.2, -0.15) is 8.78 Å². The van der Waals surface area contributed by atoms with Crippen molar-refractivity contribution < 1.29 is 22.0 Å². The van der Waals surface area contributed by atoms with Crippen molar-refractivity contribution in [2.45, 2.75) is 13.0 Å². The van der Waals surface area contributed by atoms with Crippen LogP contribution in [0.5, 0.6) is 0 Å². The number of anilines is 1. The van der Waals surface area contributed by atoms with Crippen LogP contribution in [0.25, 0.3) is 22.7 Å². The summed E-state index contributed by atoms with van der Waals surface area (Å²) in [5.74, 6) is -3.65. The maximum absolute atomic E-state index is 14.5. The quantitative estimate of drug-likeness (QED) is 0.508. The number of pyridine rings is 1. The molecule has 0 saturated carbocycles. The molecular weight excluding hydrogens is 394 g/mol. The molecule has 0 fully saturated rings. The largest absolute Gasteiger partial charge is 0.415 e. The summed E-state index contributed by atoms with van der Waals surface area (Å²) in [7, 11) is 0. The number of nitrogens with zero attached hydrogens (tertiary/aromatic N) is 6. The van der Waals surface area contributed by atoms with Gasteiger partial charge in [0.15, 0.2) is 11.6 Å². The van der Waals surface area contributed by atoms with Gasteiger partial charge in [-0.25, -0.2) is 18.4 Å². The van der Waals surface area contributed by atoms with Crippen LogP contribution in [0.2, 0.25) is 0 Å². The summed E-state index contributed by atoms with van der Waals surface area (Å²) in [6.45, 7) is -0.120. The lowest BCUT2D eigenvalue weighted by Crippen LogP contribution is -2.05. The van der Waals surface area contributed by atoms with Crippen LogP contribution in [-0.4, -0.2) is 30.2 Å². The SMILES string of the molecule is Nc1ccc(-c2cn(Cc3ccc(-c4nnc(C(F)F)o4)c(F)c3F)nn2)cn1. The van der Waals surface area contributed by atoms with Crippen LogP contribution < -0.4 is 5.73 Å². The number of halogens is 4. The summed E-state index contributed by atoms with van der Waals surface area (Å²) in [5, 5.41) is 14.3. The third kappa shape index (κ3) is 3.63. The second-order valence-corrected chi connectivity index (χ2v) is 5.92. The smallest absolute Gasteiger partial charge is 0.314 e. The molecule has 2 N–H and O–H groups in total. The van der Waals surface area contributed by atoms with Crippen molar-refractivity contribution in [3.63, 3.8) is 0 Å². The molecule has 0 aliphatic heterocycles. The maximum atomic E-state index is 14.5. The Morgan fingerprint density at radius 2 is 1.86 bits per heavy atom. The van der Waals surface area contributed by atoms with Crippen molar-refractivity contribution >= 4 is 5.82 Å². The van der Waals surface area contributed by atoms with Gasteiger partial charge in [0.05, 0.1) is 18.3 Å². The van der Waals surface area contributed by atoms with Crippen molar-refractivity contribution in [3.05, 3.63) is 59.7 Å². The molecule has 3 heterocycles. The molecule has 0 radical (unpaired) electrons. The van der Waals surface area contributed by atoms with Crippen molar-refractivity contribution in [1.82, 2.24) is 30.2 Å². The third-order valence-corrected chi connectivity index (χ3v) is 3.97. The molecule has 0 bridgehead atoms. The van der Waals surface area contributed by atoms with E-state index in [1.807, 2.05) is 0 Å². The normalized spacial score (nSPS) is 11.3. The van der Waals surface area contributed by atoms with Gasteiger partial charge in [0.1, 0.15) is 11.5 Å². The molecule has 3 aromatic heterocycles. The number of aromatic nitrogens is 6. The van der Waals surface area contributed by atoms with Crippen molar-refractivity contribution in [2.75, 3.05) is 5.73 Å². The zero-order chi connectivity index (χ0) is 20.5. The van der Waals surface area contributed by atoms with E-state index in [1.54, 1.807) is 12.1 Å². The number of benzene rings is 1. The first-order valence-electron chi connectivity index (χ1n) is 8.13. The predicted molar refractivity (Wildman–Crippen MR) is 91.4 cm³/mol. The molecule has 29 heavy (non-hydrogen) atoms. The molecular formula is C17H11F4N7O. The van der Waals surface area contributed by atoms with Crippen LogP contribution in [-0.2, 0) is 6.54 Å². The molecule has 0 saturated heterocycles. The van der Waals surface area contributed by atoms with Gasteiger partial charge in [-0.15, -0.1) is 15.3 Å². The van der Waals surface area contributed by atoms with E-state index in [0.717, 1.165) is 6.07 Å². The number of nitrogen functional groups attached to an aromatic ring is 1. The van der Waals surface area contributed by atoms with E-state index in [2.05, 4.69) is 29.9 Å². The van der Waals surface area contributed by atoms with Crippen molar-refractivity contribution in [2.24, 2.45) is 0 Å². The lowest BCUT2D eigenvalue weighted by atomic mass is 10.1. The number of nitrogens with two attached hydrogens (primary N) is 1. The maximum Gasteiger partial charge on any atom is 0.314 e. The fraction of sp³-hybridized carbons (Fsp3) is 0.118. The molecule has 1 aromatic carbocycles. The Morgan fingerprint density at radius 1 is 1.03 bits per heavy atom. The molecule has 0 unspecified atom stereocenters. The number of hydrogen-bond acceptors (Lipinski definition) is 7. The Balaban J connectivity index is 1.58. The minimum atomic E-state index is -3.01. The van der Waals surface area contributed by atoms with Crippen molar-refractivity contribution in [1.29, 1.82) is 0 Å². The van der Waals surface area contributed by atoms with E-state index >= 15 is 0 Å². The number of hydrogen-bond donors (Lipinski definition) is 1. The summed E-state index contributed by atoms with van der Waals surface area (Å²) in [5.41, 5.74) is 6.20. The van der Waals surface area contributed by atoms with Gasteiger partial charge >= 0.3 is 6.43 Å². The molecule has 0 spiro atoms. The number of alkyl halides is 2. The molecule has 4 aromatic rings. The summed E-state index contributed by atoms with van der Waals surface area (Å²) < 4.78 is 59.9. The molecule has 12 heteroatoms. The van der Waals surface area contributed by atoms with Crippen LogP contribution in [0.15, 0.2) is 41.1 Å². The molecule has 148 valence electrons. The Labute approximate surface area is 160 Å². The van der Waals surface area contributed by atoms with E-state index < -0.39 is 35.4 Å². The highest BCUT2D eigenvalue weighted by atomic mass is 19.3. The van der Waals surface area contributed by atoms with E-state index in [0.29, 0.717) is 17.1 Å². The zero-order valence-corrected chi connectivity index (χ0v) is 14.4. The Kier molecular flexibility index (Phi) is 4.66. The zero-order valence-electron chi connectivity index (χ0n) is 14.4. The van der Waals surface area contributed by atoms with Gasteiger partial charge in [0, 0.05) is 17.3 Å². The second-order valence-electron chi connectivity index (χ2n) is 5.92. The second kappa shape index (κ2) is 7.30. The molecule has 0 amide bonds. The van der Waals surface area contributed by atoms with Crippen LogP contribution in [0, 0.1) is 11.6 Å². The first-order chi connectivity index (χ1) is 13.9. The average Bonchev–Trinajstić information content (AvgIpc) is 3.36. The molecule has 0 atom stereocenters. The highest BCUT2D eigenvalue weighted by Gasteiger charge is 2.22. The summed E-state index contributed by atoms with van der Waals surface area (Å²) in [6, 6.07) is 5.73. The minimum Gasteiger partial charge on any atom is -0.415 e. The van der Waals surface area contributed by atoms with Crippen LogP contribution in [0.1, 0.15) is 17.9 Å². The van der Waals surface area contributed by atoms with E-state index in [4.69, 9.17) is 5.73 Å². The number of rotatable bonds is 5. The Hall–Kier alpha value is -3.83. The summed E-state index contributed by atoms with van der Waals surface area (Å²) >= 11 is 0. The molecule has 0 aliphatic carbocycles. The van der Waals surface area contributed by atoms with Crippen LogP contribution >= 0.6 is 0 Å². The van der Waals surface area contributed by atoms with Gasteiger partial charge in [-0.05, 0) is 18.2 Å².